The molecule has 0 aromatic carbocycles. The van der Waals surface area contributed by atoms with E-state index < -0.39 is 0 Å². The third-order valence-corrected chi connectivity index (χ3v) is 3.29. The molecule has 1 rings (SSSR count). The number of nitrogens with zero attached hydrogens (tertiary/aromatic N) is 1. The second-order valence-corrected chi connectivity index (χ2v) is 5.46. The first kappa shape index (κ1) is 18.8. The molecule has 0 saturated carbocycles. The van der Waals surface area contributed by atoms with Crippen LogP contribution in [0.15, 0.2) is 0 Å². The van der Waals surface area contributed by atoms with Gasteiger partial charge in [-0.25, -0.2) is 0 Å². The fraction of sp³-hybridized carbons (Fsp3) is 1.00. The Hall–Kier alpha value is -0.240. The molecule has 126 valence electrons. The van der Waals surface area contributed by atoms with Crippen LogP contribution in [0.5, 0.6) is 0 Å². The van der Waals surface area contributed by atoms with Crippen molar-refractivity contribution in [2.45, 2.75) is 18.9 Å². The van der Waals surface area contributed by atoms with Crippen LogP contribution in [0, 0.1) is 0 Å². The molecule has 0 radical (unpaired) electrons. The Balaban J connectivity index is 1.70. The highest BCUT2D eigenvalue weighted by Gasteiger charge is 2.12. The minimum absolute atomic E-state index is 0.408. The van der Waals surface area contributed by atoms with Crippen LogP contribution in [-0.4, -0.2) is 91.0 Å². The number of hydrogen-bond donors (Lipinski definition) is 1. The Kier molecular flexibility index (Phi) is 12.0. The molecule has 1 N–H and O–H groups in total. The van der Waals surface area contributed by atoms with Crippen LogP contribution in [0.4, 0.5) is 0 Å². The van der Waals surface area contributed by atoms with E-state index in [0.29, 0.717) is 45.7 Å². The maximum absolute atomic E-state index is 5.74. The summed E-state index contributed by atoms with van der Waals surface area (Å²) >= 11 is 0. The Morgan fingerprint density at radius 3 is 1.90 bits per heavy atom. The van der Waals surface area contributed by atoms with Crippen LogP contribution < -0.4 is 5.32 Å². The van der Waals surface area contributed by atoms with Gasteiger partial charge in [-0.05, 0) is 40.0 Å². The normalized spacial score (nSPS) is 16.7. The largest absolute Gasteiger partial charge is 0.378 e. The average molecular weight is 304 g/mol. The number of ether oxygens (including phenoxy) is 4. The quantitative estimate of drug-likeness (QED) is 0.496. The van der Waals surface area contributed by atoms with E-state index in [4.69, 9.17) is 18.9 Å². The molecular formula is C15H32N2O4. The van der Waals surface area contributed by atoms with Crippen LogP contribution in [0.1, 0.15) is 12.8 Å². The first-order valence-corrected chi connectivity index (χ1v) is 7.99. The minimum atomic E-state index is 0.408. The standard InChI is InChI=1S/C15H32N2O4/c1-17(2)7-8-18-9-10-19-11-12-20-13-14-21-15-3-5-16-6-4-15/h15-16H,3-14H2,1-2H3. The van der Waals surface area contributed by atoms with Crippen molar-refractivity contribution >= 4 is 0 Å². The van der Waals surface area contributed by atoms with Crippen LogP contribution in [0.3, 0.4) is 0 Å². The van der Waals surface area contributed by atoms with Gasteiger partial charge in [0, 0.05) is 6.54 Å². The van der Waals surface area contributed by atoms with Gasteiger partial charge in [0.15, 0.2) is 0 Å². The third kappa shape index (κ3) is 12.0. The first-order valence-electron chi connectivity index (χ1n) is 7.99. The molecule has 0 amide bonds. The van der Waals surface area contributed by atoms with E-state index >= 15 is 0 Å². The van der Waals surface area contributed by atoms with Gasteiger partial charge in [-0.3, -0.25) is 0 Å². The average Bonchev–Trinajstić information content (AvgIpc) is 2.49. The summed E-state index contributed by atoms with van der Waals surface area (Å²) in [5.74, 6) is 0. The summed E-state index contributed by atoms with van der Waals surface area (Å²) in [6.45, 7) is 7.66. The van der Waals surface area contributed by atoms with E-state index in [9.17, 15) is 0 Å². The van der Waals surface area contributed by atoms with Gasteiger partial charge < -0.3 is 29.2 Å². The zero-order chi connectivity index (χ0) is 15.2. The monoisotopic (exact) mass is 304 g/mol. The highest BCUT2D eigenvalue weighted by atomic mass is 16.6. The Bertz CT molecular complexity index is 224. The molecule has 0 spiro atoms. The van der Waals surface area contributed by atoms with Crippen molar-refractivity contribution in [2.24, 2.45) is 0 Å². The molecule has 1 fully saturated rings. The first-order chi connectivity index (χ1) is 10.3. The fourth-order valence-electron chi connectivity index (χ4n) is 2.02. The van der Waals surface area contributed by atoms with Crippen molar-refractivity contribution in [3.63, 3.8) is 0 Å². The maximum atomic E-state index is 5.74. The number of likely N-dealkylation sites (N-methyl/N-ethyl adjacent to an activating group) is 1. The number of nitrogens with one attached hydrogen (secondary N) is 1. The van der Waals surface area contributed by atoms with E-state index in [0.717, 1.165) is 39.1 Å². The third-order valence-electron chi connectivity index (χ3n) is 3.29. The van der Waals surface area contributed by atoms with Crippen LogP contribution in [0.25, 0.3) is 0 Å². The van der Waals surface area contributed by atoms with Crippen LogP contribution >= 0.6 is 0 Å². The topological polar surface area (TPSA) is 52.2 Å². The highest BCUT2D eigenvalue weighted by molar-refractivity contribution is 4.67. The van der Waals surface area contributed by atoms with Gasteiger partial charge in [0.05, 0.1) is 52.4 Å². The number of piperidine rings is 1. The molecule has 6 heteroatoms. The lowest BCUT2D eigenvalue weighted by Crippen LogP contribution is -2.33. The lowest BCUT2D eigenvalue weighted by atomic mass is 10.1. The van der Waals surface area contributed by atoms with E-state index in [1.165, 1.54) is 0 Å². The Morgan fingerprint density at radius 1 is 0.810 bits per heavy atom. The van der Waals surface area contributed by atoms with Crippen molar-refractivity contribution in [1.82, 2.24) is 10.2 Å². The van der Waals surface area contributed by atoms with Gasteiger partial charge >= 0.3 is 0 Å². The minimum Gasteiger partial charge on any atom is -0.378 e. The summed E-state index contributed by atoms with van der Waals surface area (Å²) in [6.07, 6.45) is 2.62. The number of rotatable bonds is 13. The second kappa shape index (κ2) is 13.4. The van der Waals surface area contributed by atoms with Gasteiger partial charge in [-0.15, -0.1) is 0 Å². The van der Waals surface area contributed by atoms with Gasteiger partial charge in [0.1, 0.15) is 0 Å². The molecule has 0 aromatic heterocycles. The molecule has 0 atom stereocenters. The smallest absolute Gasteiger partial charge is 0.0704 e. The summed E-state index contributed by atoms with van der Waals surface area (Å²) in [7, 11) is 4.07. The van der Waals surface area contributed by atoms with E-state index in [2.05, 4.69) is 10.2 Å². The Labute approximate surface area is 129 Å². The lowest BCUT2D eigenvalue weighted by molar-refractivity contribution is -0.0255. The molecule has 1 aliphatic rings. The van der Waals surface area contributed by atoms with Crippen molar-refractivity contribution in [1.29, 1.82) is 0 Å². The maximum Gasteiger partial charge on any atom is 0.0704 e. The molecule has 0 bridgehead atoms. The molecule has 1 heterocycles. The van der Waals surface area contributed by atoms with Gasteiger partial charge in [0.2, 0.25) is 0 Å². The Morgan fingerprint density at radius 2 is 1.33 bits per heavy atom. The van der Waals surface area contributed by atoms with Crippen LogP contribution in [0.2, 0.25) is 0 Å². The predicted octanol–water partition coefficient (Wildman–Crippen LogP) is 0.366. The molecule has 21 heavy (non-hydrogen) atoms. The highest BCUT2D eigenvalue weighted by Crippen LogP contribution is 2.06. The van der Waals surface area contributed by atoms with Gasteiger partial charge in [-0.2, -0.15) is 0 Å². The lowest BCUT2D eigenvalue weighted by Gasteiger charge is -2.22. The predicted molar refractivity (Wildman–Crippen MR) is 82.9 cm³/mol. The SMILES string of the molecule is CN(C)CCOCCOCCOCCOC1CCNCC1. The summed E-state index contributed by atoms with van der Waals surface area (Å²) in [6, 6.07) is 0. The number of hydrogen-bond acceptors (Lipinski definition) is 6. The van der Waals surface area contributed by atoms with Crippen molar-refractivity contribution < 1.29 is 18.9 Å². The summed E-state index contributed by atoms with van der Waals surface area (Å²) in [5, 5.41) is 3.32. The van der Waals surface area contributed by atoms with Gasteiger partial charge in [-0.1, -0.05) is 0 Å². The van der Waals surface area contributed by atoms with Crippen molar-refractivity contribution in [2.75, 3.05) is 80.0 Å². The molecule has 1 saturated heterocycles. The van der Waals surface area contributed by atoms with E-state index in [-0.39, 0.29) is 0 Å². The van der Waals surface area contributed by atoms with Crippen molar-refractivity contribution in [3.05, 3.63) is 0 Å². The van der Waals surface area contributed by atoms with E-state index in [1.54, 1.807) is 0 Å². The summed E-state index contributed by atoms with van der Waals surface area (Å²) in [4.78, 5) is 2.10. The molecule has 0 aliphatic carbocycles. The summed E-state index contributed by atoms with van der Waals surface area (Å²) < 4.78 is 22.1. The molecule has 6 nitrogen and oxygen atoms in total. The molecule has 1 aliphatic heterocycles. The second-order valence-electron chi connectivity index (χ2n) is 5.46. The summed E-state index contributed by atoms with van der Waals surface area (Å²) in [5.41, 5.74) is 0. The molecule has 0 unspecified atom stereocenters. The van der Waals surface area contributed by atoms with Gasteiger partial charge in [0.25, 0.3) is 0 Å². The van der Waals surface area contributed by atoms with Crippen molar-refractivity contribution in [3.8, 4) is 0 Å². The zero-order valence-corrected chi connectivity index (χ0v) is 13.6. The van der Waals surface area contributed by atoms with E-state index in [1.807, 2.05) is 14.1 Å². The fourth-order valence-corrected chi connectivity index (χ4v) is 2.02. The zero-order valence-electron chi connectivity index (χ0n) is 13.6. The molecule has 0 aromatic rings. The molecular weight excluding hydrogens is 272 g/mol. The van der Waals surface area contributed by atoms with Crippen LogP contribution in [-0.2, 0) is 18.9 Å².